The van der Waals surface area contributed by atoms with Crippen molar-refractivity contribution in [1.29, 1.82) is 0 Å². The monoisotopic (exact) mass is 119 g/mol. The predicted octanol–water partition coefficient (Wildman–Crippen LogP) is -0.359. The van der Waals surface area contributed by atoms with Gasteiger partial charge in [0.1, 0.15) is 0 Å². The second kappa shape index (κ2) is 2.55. The Kier molecular flexibility index (Phi) is 1.97. The molecule has 0 spiro atoms. The molecule has 2 N–H and O–H groups in total. The van der Waals surface area contributed by atoms with Crippen molar-refractivity contribution < 1.29 is 5.11 Å². The summed E-state index contributed by atoms with van der Waals surface area (Å²) in [7, 11) is 0. The first-order chi connectivity index (χ1) is 3.43. The first kappa shape index (κ1) is 5.41. The fraction of sp³-hybridized carbons (Fsp3) is 1.00. The van der Waals surface area contributed by atoms with E-state index in [0.29, 0.717) is 6.04 Å². The zero-order valence-corrected chi connectivity index (χ0v) is 4.87. The molecular formula is C4H9NOS. The predicted molar refractivity (Wildman–Crippen MR) is 31.3 cm³/mol. The Morgan fingerprint density at radius 3 is 3.00 bits per heavy atom. The molecule has 1 fully saturated rings. The van der Waals surface area contributed by atoms with E-state index in [1.807, 2.05) is 11.8 Å². The zero-order valence-electron chi connectivity index (χ0n) is 4.05. The van der Waals surface area contributed by atoms with Gasteiger partial charge in [0.15, 0.2) is 0 Å². The third-order valence-corrected chi connectivity index (χ3v) is 2.02. The average molecular weight is 119 g/mol. The molecule has 0 aromatic heterocycles. The van der Waals surface area contributed by atoms with Crippen LogP contribution in [0.15, 0.2) is 0 Å². The van der Waals surface area contributed by atoms with Gasteiger partial charge in [-0.05, 0) is 0 Å². The molecule has 42 valence electrons. The van der Waals surface area contributed by atoms with Gasteiger partial charge in [0.05, 0.1) is 6.61 Å². The van der Waals surface area contributed by atoms with E-state index in [4.69, 9.17) is 5.11 Å². The minimum absolute atomic E-state index is 0.285. The van der Waals surface area contributed by atoms with Crippen molar-refractivity contribution in [2.24, 2.45) is 0 Å². The number of hydrogen-bond acceptors (Lipinski definition) is 3. The summed E-state index contributed by atoms with van der Waals surface area (Å²) in [6.07, 6.45) is 0. The van der Waals surface area contributed by atoms with E-state index in [1.165, 1.54) is 0 Å². The van der Waals surface area contributed by atoms with E-state index in [9.17, 15) is 0 Å². The van der Waals surface area contributed by atoms with Crippen molar-refractivity contribution in [2.45, 2.75) is 6.04 Å². The van der Waals surface area contributed by atoms with Crippen molar-refractivity contribution in [3.8, 4) is 0 Å². The summed E-state index contributed by atoms with van der Waals surface area (Å²) in [6, 6.07) is 0.366. The van der Waals surface area contributed by atoms with Gasteiger partial charge in [-0.15, -0.1) is 11.8 Å². The van der Waals surface area contributed by atoms with Crippen LogP contribution in [0.3, 0.4) is 0 Å². The summed E-state index contributed by atoms with van der Waals surface area (Å²) in [5.41, 5.74) is 0. The molecule has 1 atom stereocenters. The SMILES string of the molecule is OC[C@@H]1CSCN1. The summed E-state index contributed by atoms with van der Waals surface area (Å²) in [5.74, 6) is 2.07. The third-order valence-electron chi connectivity index (χ3n) is 1.01. The lowest BCUT2D eigenvalue weighted by atomic mass is 10.4. The highest BCUT2D eigenvalue weighted by Gasteiger charge is 2.11. The average Bonchev–Trinajstić information content (AvgIpc) is 2.14. The lowest BCUT2D eigenvalue weighted by Crippen LogP contribution is -2.27. The van der Waals surface area contributed by atoms with E-state index in [1.54, 1.807) is 0 Å². The third kappa shape index (κ3) is 1.33. The quantitative estimate of drug-likeness (QED) is 0.494. The van der Waals surface area contributed by atoms with Crippen LogP contribution in [-0.4, -0.2) is 29.4 Å². The molecule has 0 bridgehead atoms. The maximum absolute atomic E-state index is 8.49. The van der Waals surface area contributed by atoms with Crippen LogP contribution in [0.2, 0.25) is 0 Å². The Morgan fingerprint density at radius 2 is 2.71 bits per heavy atom. The maximum Gasteiger partial charge on any atom is 0.0592 e. The molecule has 1 rings (SSSR count). The smallest absolute Gasteiger partial charge is 0.0592 e. The minimum Gasteiger partial charge on any atom is -0.395 e. The fourth-order valence-corrected chi connectivity index (χ4v) is 1.53. The standard InChI is InChI=1S/C4H9NOS/c6-1-4-2-7-3-5-4/h4-6H,1-3H2/t4-/m1/s1. The van der Waals surface area contributed by atoms with E-state index >= 15 is 0 Å². The second-order valence-electron chi connectivity index (χ2n) is 1.60. The van der Waals surface area contributed by atoms with Crippen LogP contribution >= 0.6 is 11.8 Å². The van der Waals surface area contributed by atoms with Crippen molar-refractivity contribution in [3.05, 3.63) is 0 Å². The highest BCUT2D eigenvalue weighted by Crippen LogP contribution is 2.07. The lowest BCUT2D eigenvalue weighted by molar-refractivity contribution is 0.262. The Hall–Kier alpha value is 0.270. The number of aliphatic hydroxyl groups is 1. The number of thioether (sulfide) groups is 1. The second-order valence-corrected chi connectivity index (χ2v) is 2.63. The molecule has 1 aliphatic heterocycles. The van der Waals surface area contributed by atoms with Crippen LogP contribution in [0.4, 0.5) is 0 Å². The van der Waals surface area contributed by atoms with E-state index in [-0.39, 0.29) is 6.61 Å². The van der Waals surface area contributed by atoms with Crippen LogP contribution < -0.4 is 5.32 Å². The summed E-state index contributed by atoms with van der Waals surface area (Å²) >= 11 is 1.84. The summed E-state index contributed by atoms with van der Waals surface area (Å²) in [6.45, 7) is 0.285. The Labute approximate surface area is 47.3 Å². The molecule has 2 nitrogen and oxygen atoms in total. The van der Waals surface area contributed by atoms with Gasteiger partial charge in [0.25, 0.3) is 0 Å². The van der Waals surface area contributed by atoms with Crippen molar-refractivity contribution in [2.75, 3.05) is 18.2 Å². The maximum atomic E-state index is 8.49. The van der Waals surface area contributed by atoms with Crippen LogP contribution in [0, 0.1) is 0 Å². The van der Waals surface area contributed by atoms with Gasteiger partial charge in [-0.2, -0.15) is 0 Å². The lowest BCUT2D eigenvalue weighted by Gasteiger charge is -2.00. The van der Waals surface area contributed by atoms with Crippen molar-refractivity contribution >= 4 is 11.8 Å². The normalized spacial score (nSPS) is 31.3. The Morgan fingerprint density at radius 1 is 1.86 bits per heavy atom. The largest absolute Gasteiger partial charge is 0.395 e. The van der Waals surface area contributed by atoms with Gasteiger partial charge < -0.3 is 10.4 Å². The highest BCUT2D eigenvalue weighted by atomic mass is 32.2. The minimum atomic E-state index is 0.285. The van der Waals surface area contributed by atoms with E-state index in [0.717, 1.165) is 11.6 Å². The first-order valence-electron chi connectivity index (χ1n) is 2.35. The van der Waals surface area contributed by atoms with Crippen LogP contribution in [-0.2, 0) is 0 Å². The molecule has 1 saturated heterocycles. The van der Waals surface area contributed by atoms with Crippen LogP contribution in [0.1, 0.15) is 0 Å². The molecule has 0 aromatic carbocycles. The Balaban J connectivity index is 2.14. The number of rotatable bonds is 1. The van der Waals surface area contributed by atoms with Gasteiger partial charge in [-0.25, -0.2) is 0 Å². The molecule has 1 aliphatic rings. The fourth-order valence-electron chi connectivity index (χ4n) is 0.554. The van der Waals surface area contributed by atoms with Gasteiger partial charge in [-0.3, -0.25) is 0 Å². The zero-order chi connectivity index (χ0) is 5.11. The van der Waals surface area contributed by atoms with Gasteiger partial charge in [-0.1, -0.05) is 0 Å². The van der Waals surface area contributed by atoms with Gasteiger partial charge in [0.2, 0.25) is 0 Å². The molecular weight excluding hydrogens is 110 g/mol. The summed E-state index contributed by atoms with van der Waals surface area (Å²) in [4.78, 5) is 0. The molecule has 1 heterocycles. The first-order valence-corrected chi connectivity index (χ1v) is 3.51. The summed E-state index contributed by atoms with van der Waals surface area (Å²) in [5, 5.41) is 11.6. The number of nitrogens with one attached hydrogen (secondary N) is 1. The highest BCUT2D eigenvalue weighted by molar-refractivity contribution is 7.99. The number of aliphatic hydroxyl groups excluding tert-OH is 1. The molecule has 0 aliphatic carbocycles. The topological polar surface area (TPSA) is 32.3 Å². The van der Waals surface area contributed by atoms with Crippen molar-refractivity contribution in [1.82, 2.24) is 5.32 Å². The van der Waals surface area contributed by atoms with Crippen LogP contribution in [0.5, 0.6) is 0 Å². The molecule has 0 saturated carbocycles. The summed E-state index contributed by atoms with van der Waals surface area (Å²) < 4.78 is 0. The molecule has 0 unspecified atom stereocenters. The Bertz CT molecular complexity index is 53.7. The van der Waals surface area contributed by atoms with Crippen LogP contribution in [0.25, 0.3) is 0 Å². The number of hydrogen-bond donors (Lipinski definition) is 2. The van der Waals surface area contributed by atoms with Gasteiger partial charge >= 0.3 is 0 Å². The van der Waals surface area contributed by atoms with Crippen molar-refractivity contribution in [3.63, 3.8) is 0 Å². The molecule has 0 amide bonds. The van der Waals surface area contributed by atoms with Gasteiger partial charge in [0, 0.05) is 17.7 Å². The molecule has 0 radical (unpaired) electrons. The molecule has 3 heteroatoms. The van der Waals surface area contributed by atoms with E-state index in [2.05, 4.69) is 5.32 Å². The molecule has 7 heavy (non-hydrogen) atoms. The molecule has 0 aromatic rings. The van der Waals surface area contributed by atoms with E-state index < -0.39 is 0 Å².